The molecule has 2 heterocycles. The summed E-state index contributed by atoms with van der Waals surface area (Å²) in [6.07, 6.45) is 6.32. The maximum Gasteiger partial charge on any atom is 0.276 e. The number of hydrogen-bond acceptors (Lipinski definition) is 5. The largest absolute Gasteiger partial charge is 0.497 e. The molecule has 1 amide bonds. The third-order valence-corrected chi connectivity index (χ3v) is 3.93. The fourth-order valence-electron chi connectivity index (χ4n) is 2.60. The Morgan fingerprint density at radius 2 is 2.08 bits per heavy atom. The minimum absolute atomic E-state index is 0.119. The molecule has 6 nitrogen and oxygen atoms in total. The highest BCUT2D eigenvalue weighted by atomic mass is 16.5. The van der Waals surface area contributed by atoms with Gasteiger partial charge in [0.1, 0.15) is 17.8 Å². The van der Waals surface area contributed by atoms with Gasteiger partial charge in [0.05, 0.1) is 13.2 Å². The normalized spacial score (nSPS) is 16.4. The van der Waals surface area contributed by atoms with Gasteiger partial charge >= 0.3 is 0 Å². The van der Waals surface area contributed by atoms with Crippen LogP contribution in [0.4, 0.5) is 0 Å². The van der Waals surface area contributed by atoms with Crippen molar-refractivity contribution in [2.75, 3.05) is 13.7 Å². The number of ether oxygens (including phenoxy) is 2. The number of amides is 1. The number of nitrogens with zero attached hydrogens (tertiary/aromatic N) is 2. The van der Waals surface area contributed by atoms with Gasteiger partial charge < -0.3 is 18.8 Å². The average molecular weight is 328 g/mol. The molecule has 0 N–H and O–H groups in total. The second-order valence-electron chi connectivity index (χ2n) is 5.45. The number of methoxy groups -OCH3 is 1. The zero-order valence-corrected chi connectivity index (χ0v) is 13.8. The molecule has 1 aromatic heterocycles. The number of benzene rings is 1. The van der Waals surface area contributed by atoms with Crippen molar-refractivity contribution >= 4 is 5.91 Å². The summed E-state index contributed by atoms with van der Waals surface area (Å²) in [6, 6.07) is 7.36. The molecule has 1 aliphatic heterocycles. The summed E-state index contributed by atoms with van der Waals surface area (Å²) < 4.78 is 16.1. The molecule has 0 bridgehead atoms. The number of carbonyl (C=O) groups excluding carboxylic acids is 1. The van der Waals surface area contributed by atoms with E-state index in [4.69, 9.17) is 13.9 Å². The molecule has 2 aromatic rings. The lowest BCUT2D eigenvalue weighted by Gasteiger charge is -2.22. The lowest BCUT2D eigenvalue weighted by atomic mass is 10.2. The van der Waals surface area contributed by atoms with Crippen molar-refractivity contribution in [2.45, 2.75) is 26.0 Å². The van der Waals surface area contributed by atoms with Crippen LogP contribution in [0.25, 0.3) is 0 Å². The molecular weight excluding hydrogens is 308 g/mol. The average Bonchev–Trinajstić information content (AvgIpc) is 3.29. The first-order valence-corrected chi connectivity index (χ1v) is 7.90. The summed E-state index contributed by atoms with van der Waals surface area (Å²) >= 11 is 0. The van der Waals surface area contributed by atoms with E-state index in [1.807, 2.05) is 24.3 Å². The SMILES string of the molecule is CC[C@@H]1C=CCN1C(=O)c1coc(COc2ccc(OC)cc2)n1. The van der Waals surface area contributed by atoms with E-state index in [9.17, 15) is 4.79 Å². The Balaban J connectivity index is 1.59. The van der Waals surface area contributed by atoms with Crippen molar-refractivity contribution in [3.05, 3.63) is 54.3 Å². The van der Waals surface area contributed by atoms with E-state index in [0.717, 1.165) is 12.2 Å². The Bertz CT molecular complexity index is 721. The summed E-state index contributed by atoms with van der Waals surface area (Å²) in [7, 11) is 1.61. The second kappa shape index (κ2) is 7.21. The van der Waals surface area contributed by atoms with Crippen molar-refractivity contribution in [2.24, 2.45) is 0 Å². The molecule has 1 atom stereocenters. The summed E-state index contributed by atoms with van der Waals surface area (Å²) in [4.78, 5) is 18.5. The van der Waals surface area contributed by atoms with E-state index in [1.54, 1.807) is 24.1 Å². The molecule has 0 spiro atoms. The molecule has 0 saturated heterocycles. The Morgan fingerprint density at radius 3 is 2.79 bits per heavy atom. The number of hydrogen-bond donors (Lipinski definition) is 0. The number of aromatic nitrogens is 1. The van der Waals surface area contributed by atoms with Crippen LogP contribution in [-0.4, -0.2) is 35.5 Å². The van der Waals surface area contributed by atoms with E-state index in [0.29, 0.717) is 23.9 Å². The molecule has 1 aromatic carbocycles. The molecule has 0 unspecified atom stereocenters. The smallest absolute Gasteiger partial charge is 0.276 e. The van der Waals surface area contributed by atoms with Gasteiger partial charge in [-0.1, -0.05) is 19.1 Å². The summed E-state index contributed by atoms with van der Waals surface area (Å²) in [5, 5.41) is 0. The minimum atomic E-state index is -0.119. The van der Waals surface area contributed by atoms with Crippen LogP contribution in [0, 0.1) is 0 Å². The van der Waals surface area contributed by atoms with Crippen LogP contribution >= 0.6 is 0 Å². The van der Waals surface area contributed by atoms with Gasteiger partial charge in [0.25, 0.3) is 5.91 Å². The predicted octanol–water partition coefficient (Wildman–Crippen LogP) is 3.05. The van der Waals surface area contributed by atoms with E-state index >= 15 is 0 Å². The standard InChI is InChI=1S/C18H20N2O4/c1-3-13-5-4-10-20(13)18(21)16-11-24-17(19-16)12-23-15-8-6-14(22-2)7-9-15/h4-9,11,13H,3,10,12H2,1-2H3/t13-/m1/s1. The molecule has 3 rings (SSSR count). The number of oxazole rings is 1. The summed E-state index contributed by atoms with van der Waals surface area (Å²) in [5.41, 5.74) is 0.311. The Morgan fingerprint density at radius 1 is 1.33 bits per heavy atom. The third kappa shape index (κ3) is 3.42. The molecular formula is C18H20N2O4. The van der Waals surface area contributed by atoms with Gasteiger partial charge in [-0.25, -0.2) is 4.98 Å². The maximum absolute atomic E-state index is 12.5. The molecule has 126 valence electrons. The topological polar surface area (TPSA) is 64.8 Å². The van der Waals surface area contributed by atoms with Crippen molar-refractivity contribution in [3.8, 4) is 11.5 Å². The first kappa shape index (κ1) is 16.1. The zero-order valence-electron chi connectivity index (χ0n) is 13.8. The second-order valence-corrected chi connectivity index (χ2v) is 5.45. The van der Waals surface area contributed by atoms with Crippen molar-refractivity contribution in [1.29, 1.82) is 0 Å². The highest BCUT2D eigenvalue weighted by Gasteiger charge is 2.26. The molecule has 6 heteroatoms. The molecule has 0 saturated carbocycles. The van der Waals surface area contributed by atoms with Crippen LogP contribution in [0.1, 0.15) is 29.7 Å². The van der Waals surface area contributed by atoms with E-state index in [2.05, 4.69) is 11.9 Å². The summed E-state index contributed by atoms with van der Waals surface area (Å²) in [6.45, 7) is 2.83. The molecule has 24 heavy (non-hydrogen) atoms. The Kier molecular flexibility index (Phi) is 4.84. The first-order valence-electron chi connectivity index (χ1n) is 7.90. The van der Waals surface area contributed by atoms with Gasteiger partial charge in [-0.05, 0) is 30.7 Å². The van der Waals surface area contributed by atoms with Gasteiger partial charge in [0.2, 0.25) is 5.89 Å². The van der Waals surface area contributed by atoms with Gasteiger partial charge in [0, 0.05) is 6.54 Å². The van der Waals surface area contributed by atoms with Crippen molar-refractivity contribution in [3.63, 3.8) is 0 Å². The van der Waals surface area contributed by atoms with Gasteiger partial charge in [-0.2, -0.15) is 0 Å². The lowest BCUT2D eigenvalue weighted by Crippen LogP contribution is -2.35. The zero-order chi connectivity index (χ0) is 16.9. The molecule has 0 fully saturated rings. The van der Waals surface area contributed by atoms with Crippen LogP contribution in [-0.2, 0) is 6.61 Å². The van der Waals surface area contributed by atoms with Crippen LogP contribution in [0.2, 0.25) is 0 Å². The molecule has 0 aliphatic carbocycles. The number of carbonyl (C=O) groups is 1. The molecule has 0 radical (unpaired) electrons. The quantitative estimate of drug-likeness (QED) is 0.763. The monoisotopic (exact) mass is 328 g/mol. The fraction of sp³-hybridized carbons (Fsp3) is 0.333. The van der Waals surface area contributed by atoms with E-state index < -0.39 is 0 Å². The van der Waals surface area contributed by atoms with Crippen LogP contribution in [0.5, 0.6) is 11.5 Å². The Hall–Kier alpha value is -2.76. The Labute approximate surface area is 140 Å². The van der Waals surface area contributed by atoms with Gasteiger partial charge in [0.15, 0.2) is 12.3 Å². The van der Waals surface area contributed by atoms with E-state index in [-0.39, 0.29) is 18.6 Å². The molecule has 1 aliphatic rings. The highest BCUT2D eigenvalue weighted by molar-refractivity contribution is 5.92. The fourth-order valence-corrected chi connectivity index (χ4v) is 2.60. The van der Waals surface area contributed by atoms with Gasteiger partial charge in [-0.3, -0.25) is 4.79 Å². The van der Waals surface area contributed by atoms with Gasteiger partial charge in [-0.15, -0.1) is 0 Å². The minimum Gasteiger partial charge on any atom is -0.497 e. The van der Waals surface area contributed by atoms with Crippen LogP contribution in [0.15, 0.2) is 47.1 Å². The maximum atomic E-state index is 12.5. The lowest BCUT2D eigenvalue weighted by molar-refractivity contribution is 0.0741. The predicted molar refractivity (Wildman–Crippen MR) is 88.1 cm³/mol. The third-order valence-electron chi connectivity index (χ3n) is 3.93. The van der Waals surface area contributed by atoms with E-state index in [1.165, 1.54) is 6.26 Å². The van der Waals surface area contributed by atoms with Crippen molar-refractivity contribution in [1.82, 2.24) is 9.88 Å². The summed E-state index contributed by atoms with van der Waals surface area (Å²) in [5.74, 6) is 1.69. The highest BCUT2D eigenvalue weighted by Crippen LogP contribution is 2.19. The van der Waals surface area contributed by atoms with Crippen molar-refractivity contribution < 1.29 is 18.7 Å². The van der Waals surface area contributed by atoms with Crippen LogP contribution in [0.3, 0.4) is 0 Å². The van der Waals surface area contributed by atoms with Crippen LogP contribution < -0.4 is 9.47 Å². The first-order chi connectivity index (χ1) is 11.7. The number of rotatable bonds is 6.